The van der Waals surface area contributed by atoms with E-state index >= 15 is 0 Å². The molecule has 0 N–H and O–H groups in total. The molecule has 0 saturated carbocycles. The predicted molar refractivity (Wildman–Crippen MR) is 79.9 cm³/mol. The van der Waals surface area contributed by atoms with Crippen LogP contribution in [-0.4, -0.2) is 37.0 Å². The van der Waals surface area contributed by atoms with Crippen LogP contribution in [0.5, 0.6) is 0 Å². The summed E-state index contributed by atoms with van der Waals surface area (Å²) in [6.07, 6.45) is 8.74. The normalized spacial score (nSPS) is 9.60. The molecule has 15 heavy (non-hydrogen) atoms. The fourth-order valence-corrected chi connectivity index (χ4v) is 4.50. The molecule has 0 aliphatic rings. The van der Waals surface area contributed by atoms with Crippen LogP contribution >= 0.6 is 15.8 Å². The number of hydrogen-bond donors (Lipinski definition) is 0. The van der Waals surface area contributed by atoms with Gasteiger partial charge < -0.3 is 0 Å². The Morgan fingerprint density at radius 3 is 0.600 bits per heavy atom. The maximum atomic E-state index is 2.31. The van der Waals surface area contributed by atoms with E-state index in [1.54, 1.807) is 0 Å². The quantitative estimate of drug-likeness (QED) is 0.491. The molecule has 0 atom stereocenters. The van der Waals surface area contributed by atoms with Gasteiger partial charge in [-0.05, 0) is 57.4 Å². The average molecular weight is 345 g/mol. The van der Waals surface area contributed by atoms with E-state index in [0.29, 0.717) is 0 Å². The van der Waals surface area contributed by atoms with Gasteiger partial charge in [-0.25, -0.2) is 0 Å². The van der Waals surface area contributed by atoms with Gasteiger partial charge in [0.1, 0.15) is 0 Å². The molecule has 0 nitrogen and oxygen atoms in total. The van der Waals surface area contributed by atoms with Gasteiger partial charge in [0.05, 0.1) is 37.0 Å². The molecule has 0 radical (unpaired) electrons. The summed E-state index contributed by atoms with van der Waals surface area (Å²) in [5.74, 6) is 0. The molecule has 0 heterocycles. The van der Waals surface area contributed by atoms with Crippen LogP contribution in [0, 0.1) is 0 Å². The van der Waals surface area contributed by atoms with Crippen LogP contribution < -0.4 is 0 Å². The van der Waals surface area contributed by atoms with Crippen molar-refractivity contribution in [3.8, 4) is 0 Å². The molecule has 98 valence electrons. The number of hydrogen-bond acceptors (Lipinski definition) is 0. The maximum absolute atomic E-state index is 2.31. The molecule has 0 rings (SSSR count). The Balaban J connectivity index is -0.000000180. The topological polar surface area (TPSA) is 0 Å². The summed E-state index contributed by atoms with van der Waals surface area (Å²) >= 11 is 0. The van der Waals surface area contributed by atoms with E-state index in [0.717, 1.165) is 0 Å². The third kappa shape index (κ3) is 15.5. The second kappa shape index (κ2) is 17.9. The Kier molecular flexibility index (Phi) is 26.0. The first kappa shape index (κ1) is 21.8. The molecule has 0 aromatic rings. The molecule has 0 bridgehead atoms. The van der Waals surface area contributed by atoms with Crippen molar-refractivity contribution in [2.45, 2.75) is 41.5 Å². The molecule has 3 heteroatoms. The minimum Gasteiger partial charge on any atom is -0.0313 e. The minimum atomic E-state index is 0. The smallest absolute Gasteiger partial charge is 0.0313 e. The summed E-state index contributed by atoms with van der Waals surface area (Å²) in [5, 5.41) is 0. The van der Waals surface area contributed by atoms with Crippen molar-refractivity contribution in [3.05, 3.63) is 0 Å². The van der Waals surface area contributed by atoms with E-state index in [-0.39, 0.29) is 36.3 Å². The zero-order valence-corrected chi connectivity index (χ0v) is 15.1. The molecule has 0 spiro atoms. The summed E-state index contributed by atoms with van der Waals surface area (Å²) in [5.41, 5.74) is 0. The Morgan fingerprint density at radius 1 is 0.467 bits per heavy atom. The molecule has 0 fully saturated rings. The van der Waals surface area contributed by atoms with Crippen molar-refractivity contribution in [2.75, 3.05) is 37.0 Å². The zero-order chi connectivity index (χ0) is 11.4. The predicted octanol–water partition coefficient (Wildman–Crippen LogP) is 4.52. The van der Waals surface area contributed by atoms with Crippen LogP contribution in [0.1, 0.15) is 41.5 Å². The first-order valence-corrected chi connectivity index (χ1v) is 10.6. The van der Waals surface area contributed by atoms with E-state index in [1.165, 1.54) is 37.0 Å². The summed E-state index contributed by atoms with van der Waals surface area (Å²) < 4.78 is 0. The molecule has 0 aliphatic carbocycles. The van der Waals surface area contributed by atoms with Gasteiger partial charge in [0, 0.05) is 20.4 Å². The van der Waals surface area contributed by atoms with Gasteiger partial charge in [0.15, 0.2) is 0 Å². The van der Waals surface area contributed by atoms with Crippen LogP contribution in [0.4, 0.5) is 0 Å². The molecule has 0 aromatic heterocycles. The van der Waals surface area contributed by atoms with E-state index < -0.39 is 0 Å². The summed E-state index contributed by atoms with van der Waals surface area (Å²) in [6.45, 7) is 13.8. The van der Waals surface area contributed by atoms with Gasteiger partial charge in [0.2, 0.25) is 0 Å². The van der Waals surface area contributed by atoms with Crippen molar-refractivity contribution in [1.29, 1.82) is 0 Å². The summed E-state index contributed by atoms with van der Waals surface area (Å²) in [6, 6.07) is 0. The van der Waals surface area contributed by atoms with Gasteiger partial charge >= 0.3 is 0 Å². The van der Waals surface area contributed by atoms with Crippen LogP contribution in [-0.2, 0) is 20.4 Å². The minimum absolute atomic E-state index is 0. The molecule has 0 aromatic carbocycles. The van der Waals surface area contributed by atoms with Crippen molar-refractivity contribution < 1.29 is 20.4 Å². The Labute approximate surface area is 115 Å². The molecular weight excluding hydrogens is 312 g/mol. The second-order valence-corrected chi connectivity index (χ2v) is 10.9. The van der Waals surface area contributed by atoms with Gasteiger partial charge in [-0.2, -0.15) is 0 Å². The van der Waals surface area contributed by atoms with Crippen LogP contribution in [0.15, 0.2) is 0 Å². The van der Waals surface area contributed by atoms with Crippen LogP contribution in [0.25, 0.3) is 0 Å². The first-order chi connectivity index (χ1) is 6.69. The van der Waals surface area contributed by atoms with Crippen LogP contribution in [0.3, 0.4) is 0 Å². The monoisotopic (exact) mass is 344 g/mol. The molecule has 0 aliphatic heterocycles. The van der Waals surface area contributed by atoms with Gasteiger partial charge in [-0.3, -0.25) is 0 Å². The summed E-state index contributed by atoms with van der Waals surface area (Å²) in [7, 11) is 0.275. The van der Waals surface area contributed by atoms with Crippen molar-refractivity contribution in [1.82, 2.24) is 0 Å². The zero-order valence-electron chi connectivity index (χ0n) is 11.6. The number of rotatable bonds is 6. The maximum Gasteiger partial charge on any atom is 0.0543 e. The van der Waals surface area contributed by atoms with Crippen molar-refractivity contribution >= 4 is 15.8 Å². The van der Waals surface area contributed by atoms with Gasteiger partial charge in [-0.1, -0.05) is 0 Å². The van der Waals surface area contributed by atoms with E-state index in [1.807, 2.05) is 0 Å². The molecule has 0 unspecified atom stereocenters. The Hall–Kier alpha value is 1.52. The standard InChI is InChI=1S/2C6H15P.Pd/c2*1-4-7(5-2)6-3;/h2*4-6H2,1-3H3;/p+2. The summed E-state index contributed by atoms with van der Waals surface area (Å²) in [4.78, 5) is 0. The largest absolute Gasteiger partial charge is 0.0543 e. The SMILES string of the molecule is CC[PH+](CC)CC.CC[PH+](CC)CC.[Pd]. The van der Waals surface area contributed by atoms with Crippen LogP contribution in [0.2, 0.25) is 0 Å². The second-order valence-electron chi connectivity index (χ2n) is 3.62. The Bertz CT molecular complexity index is 68.6. The molecule has 0 saturated heterocycles. The fourth-order valence-electron chi connectivity index (χ4n) is 1.50. The van der Waals surface area contributed by atoms with E-state index in [2.05, 4.69) is 41.5 Å². The van der Waals surface area contributed by atoms with Crippen molar-refractivity contribution in [2.24, 2.45) is 0 Å². The average Bonchev–Trinajstić information content (AvgIpc) is 2.24. The molecular formula is C12H32P2Pd+2. The molecule has 0 amide bonds. The third-order valence-electron chi connectivity index (χ3n) is 3.00. The Morgan fingerprint density at radius 2 is 0.600 bits per heavy atom. The first-order valence-electron chi connectivity index (χ1n) is 6.36. The van der Waals surface area contributed by atoms with Gasteiger partial charge in [-0.15, -0.1) is 0 Å². The van der Waals surface area contributed by atoms with E-state index in [4.69, 9.17) is 0 Å². The third-order valence-corrected chi connectivity index (χ3v) is 9.00. The van der Waals surface area contributed by atoms with Crippen molar-refractivity contribution in [3.63, 3.8) is 0 Å². The van der Waals surface area contributed by atoms with E-state index in [9.17, 15) is 0 Å². The fraction of sp³-hybridized carbons (Fsp3) is 1.00. The van der Waals surface area contributed by atoms with Gasteiger partial charge in [0.25, 0.3) is 0 Å².